The molecule has 8 heteroatoms. The van der Waals surface area contributed by atoms with Crippen LogP contribution in [0.3, 0.4) is 0 Å². The number of anilines is 1. The SMILES string of the molecule is CC(C)n1nccc1CNc1cnn(CC(F)F)c1.Cl. The standard InChI is InChI=1S/C12H17F2N5.ClH/c1-9(2)19-11(3-4-16-19)6-15-10-5-17-18(7-10)8-12(13)14;/h3-5,7,9,12,15H,6,8H2,1-2H3;1H. The molecule has 2 aromatic rings. The van der Waals surface area contributed by atoms with Crippen LogP contribution >= 0.6 is 12.4 Å². The average molecular weight is 306 g/mol. The molecule has 0 spiro atoms. The number of rotatable bonds is 6. The predicted molar refractivity (Wildman–Crippen MR) is 75.4 cm³/mol. The van der Waals surface area contributed by atoms with Crippen LogP contribution in [-0.4, -0.2) is 26.0 Å². The molecule has 20 heavy (non-hydrogen) atoms. The number of nitrogens with one attached hydrogen (secondary N) is 1. The third-order valence-corrected chi connectivity index (χ3v) is 2.67. The fourth-order valence-electron chi connectivity index (χ4n) is 1.84. The van der Waals surface area contributed by atoms with E-state index >= 15 is 0 Å². The molecule has 2 rings (SSSR count). The summed E-state index contributed by atoms with van der Waals surface area (Å²) in [6, 6.07) is 2.21. The third kappa shape index (κ3) is 4.19. The van der Waals surface area contributed by atoms with Crippen molar-refractivity contribution < 1.29 is 8.78 Å². The van der Waals surface area contributed by atoms with Crippen molar-refractivity contribution >= 4 is 18.1 Å². The van der Waals surface area contributed by atoms with Gasteiger partial charge >= 0.3 is 0 Å². The van der Waals surface area contributed by atoms with Gasteiger partial charge in [-0.25, -0.2) is 8.78 Å². The Morgan fingerprint density at radius 1 is 1.30 bits per heavy atom. The van der Waals surface area contributed by atoms with Gasteiger partial charge < -0.3 is 5.32 Å². The molecular weight excluding hydrogens is 288 g/mol. The van der Waals surface area contributed by atoms with Crippen LogP contribution < -0.4 is 5.32 Å². The number of aromatic nitrogens is 4. The number of halogens is 3. The Bertz CT molecular complexity index is 523. The van der Waals surface area contributed by atoms with Gasteiger partial charge in [-0.05, 0) is 19.9 Å². The molecule has 0 aliphatic carbocycles. The van der Waals surface area contributed by atoms with Crippen LogP contribution in [0.4, 0.5) is 14.5 Å². The zero-order valence-corrected chi connectivity index (χ0v) is 12.1. The Morgan fingerprint density at radius 2 is 2.05 bits per heavy atom. The summed E-state index contributed by atoms with van der Waals surface area (Å²) in [6.07, 6.45) is 2.47. The maximum atomic E-state index is 12.2. The summed E-state index contributed by atoms with van der Waals surface area (Å²) in [6.45, 7) is 4.30. The molecule has 0 fully saturated rings. The smallest absolute Gasteiger partial charge is 0.257 e. The van der Waals surface area contributed by atoms with E-state index in [2.05, 4.69) is 29.4 Å². The quantitative estimate of drug-likeness (QED) is 0.892. The second-order valence-corrected chi connectivity index (χ2v) is 4.56. The number of alkyl halides is 2. The van der Waals surface area contributed by atoms with Crippen molar-refractivity contribution in [2.45, 2.75) is 39.4 Å². The predicted octanol–water partition coefficient (Wildman–Crippen LogP) is 2.96. The van der Waals surface area contributed by atoms with Crippen LogP contribution in [0.2, 0.25) is 0 Å². The molecule has 2 heterocycles. The van der Waals surface area contributed by atoms with Crippen molar-refractivity contribution in [2.75, 3.05) is 5.32 Å². The van der Waals surface area contributed by atoms with Gasteiger partial charge in [0.05, 0.1) is 24.1 Å². The van der Waals surface area contributed by atoms with Crippen molar-refractivity contribution in [2.24, 2.45) is 0 Å². The zero-order valence-electron chi connectivity index (χ0n) is 11.3. The van der Waals surface area contributed by atoms with Gasteiger partial charge in [0.25, 0.3) is 6.43 Å². The molecule has 0 unspecified atom stereocenters. The lowest BCUT2D eigenvalue weighted by Gasteiger charge is -2.11. The van der Waals surface area contributed by atoms with Crippen molar-refractivity contribution in [1.29, 1.82) is 0 Å². The maximum absolute atomic E-state index is 12.2. The van der Waals surface area contributed by atoms with Crippen LogP contribution in [0.15, 0.2) is 24.7 Å². The number of hydrogen-bond donors (Lipinski definition) is 1. The van der Waals surface area contributed by atoms with Crippen LogP contribution in [0.5, 0.6) is 0 Å². The molecule has 0 aromatic carbocycles. The molecule has 2 aromatic heterocycles. The lowest BCUT2D eigenvalue weighted by molar-refractivity contribution is 0.122. The van der Waals surface area contributed by atoms with E-state index < -0.39 is 6.43 Å². The highest BCUT2D eigenvalue weighted by atomic mass is 35.5. The topological polar surface area (TPSA) is 47.7 Å². The molecule has 0 aliphatic heterocycles. The minimum Gasteiger partial charge on any atom is -0.377 e. The fourth-order valence-corrected chi connectivity index (χ4v) is 1.84. The summed E-state index contributed by atoms with van der Waals surface area (Å²) in [4.78, 5) is 0. The first-order valence-corrected chi connectivity index (χ1v) is 6.13. The number of nitrogens with zero attached hydrogens (tertiary/aromatic N) is 4. The maximum Gasteiger partial charge on any atom is 0.257 e. The molecule has 0 saturated carbocycles. The molecule has 0 saturated heterocycles. The Kier molecular flexibility index (Phi) is 5.94. The second-order valence-electron chi connectivity index (χ2n) is 4.56. The van der Waals surface area contributed by atoms with Gasteiger partial charge in [0.2, 0.25) is 0 Å². The highest BCUT2D eigenvalue weighted by Crippen LogP contribution is 2.12. The minimum atomic E-state index is -2.39. The van der Waals surface area contributed by atoms with Crippen molar-refractivity contribution in [1.82, 2.24) is 19.6 Å². The van der Waals surface area contributed by atoms with Gasteiger partial charge in [0.15, 0.2) is 0 Å². The summed E-state index contributed by atoms with van der Waals surface area (Å²) in [5.41, 5.74) is 1.76. The number of hydrogen-bond acceptors (Lipinski definition) is 3. The van der Waals surface area contributed by atoms with Gasteiger partial charge in [0, 0.05) is 18.4 Å². The highest BCUT2D eigenvalue weighted by molar-refractivity contribution is 5.85. The van der Waals surface area contributed by atoms with Gasteiger partial charge in [-0.2, -0.15) is 10.2 Å². The first kappa shape index (κ1) is 16.4. The van der Waals surface area contributed by atoms with Crippen LogP contribution in [0.1, 0.15) is 25.6 Å². The fraction of sp³-hybridized carbons (Fsp3) is 0.500. The van der Waals surface area contributed by atoms with E-state index in [0.29, 0.717) is 6.54 Å². The van der Waals surface area contributed by atoms with Gasteiger partial charge in [0.1, 0.15) is 6.54 Å². The summed E-state index contributed by atoms with van der Waals surface area (Å²) in [5, 5.41) is 11.2. The minimum absolute atomic E-state index is 0. The summed E-state index contributed by atoms with van der Waals surface area (Å²) in [5.74, 6) is 0. The van der Waals surface area contributed by atoms with E-state index in [1.165, 1.54) is 4.68 Å². The first-order valence-electron chi connectivity index (χ1n) is 6.13. The molecule has 0 aliphatic rings. The first-order chi connectivity index (χ1) is 9.06. The monoisotopic (exact) mass is 305 g/mol. The van der Waals surface area contributed by atoms with Crippen LogP contribution in [-0.2, 0) is 13.1 Å². The second kappa shape index (κ2) is 7.23. The molecular formula is C12H18ClF2N5. The molecule has 5 nitrogen and oxygen atoms in total. The van der Waals surface area contributed by atoms with E-state index in [0.717, 1.165) is 11.4 Å². The summed E-state index contributed by atoms with van der Waals surface area (Å²) < 4.78 is 27.5. The van der Waals surface area contributed by atoms with Crippen LogP contribution in [0.25, 0.3) is 0 Å². The normalized spacial score (nSPS) is 10.9. The Morgan fingerprint density at radius 3 is 2.70 bits per heavy atom. The largest absolute Gasteiger partial charge is 0.377 e. The third-order valence-electron chi connectivity index (χ3n) is 2.67. The van der Waals surface area contributed by atoms with Crippen LogP contribution in [0, 0.1) is 0 Å². The molecule has 112 valence electrons. The Hall–Kier alpha value is -1.63. The van der Waals surface area contributed by atoms with E-state index in [1.807, 2.05) is 10.7 Å². The van der Waals surface area contributed by atoms with Gasteiger partial charge in [-0.15, -0.1) is 12.4 Å². The van der Waals surface area contributed by atoms with Gasteiger partial charge in [-0.3, -0.25) is 9.36 Å². The summed E-state index contributed by atoms with van der Waals surface area (Å²) >= 11 is 0. The molecule has 0 atom stereocenters. The molecule has 1 N–H and O–H groups in total. The van der Waals surface area contributed by atoms with E-state index in [1.54, 1.807) is 18.6 Å². The van der Waals surface area contributed by atoms with E-state index in [4.69, 9.17) is 0 Å². The molecule has 0 amide bonds. The lowest BCUT2D eigenvalue weighted by Crippen LogP contribution is -2.10. The zero-order chi connectivity index (χ0) is 13.8. The Labute approximate surface area is 122 Å². The molecule has 0 radical (unpaired) electrons. The lowest BCUT2D eigenvalue weighted by atomic mass is 10.3. The average Bonchev–Trinajstić information content (AvgIpc) is 2.93. The highest BCUT2D eigenvalue weighted by Gasteiger charge is 2.08. The van der Waals surface area contributed by atoms with Crippen molar-refractivity contribution in [3.63, 3.8) is 0 Å². The summed E-state index contributed by atoms with van der Waals surface area (Å²) in [7, 11) is 0. The Balaban J connectivity index is 0.00000200. The van der Waals surface area contributed by atoms with E-state index in [9.17, 15) is 8.78 Å². The van der Waals surface area contributed by atoms with Crippen molar-refractivity contribution in [3.8, 4) is 0 Å². The molecule has 0 bridgehead atoms. The van der Waals surface area contributed by atoms with Gasteiger partial charge in [-0.1, -0.05) is 0 Å². The van der Waals surface area contributed by atoms with Crippen molar-refractivity contribution in [3.05, 3.63) is 30.4 Å². The van der Waals surface area contributed by atoms with E-state index in [-0.39, 0.29) is 25.0 Å².